The molecule has 3 aromatic rings. The zero-order valence-electron chi connectivity index (χ0n) is 26.2. The predicted octanol–water partition coefficient (Wildman–Crippen LogP) is 5.09. The van der Waals surface area contributed by atoms with Crippen molar-refractivity contribution in [1.82, 2.24) is 10.2 Å². The number of hydrogen-bond acceptors (Lipinski definition) is 7. The van der Waals surface area contributed by atoms with Gasteiger partial charge in [-0.3, -0.25) is 0 Å². The van der Waals surface area contributed by atoms with Crippen molar-refractivity contribution >= 4 is 21.6 Å². The molecule has 3 atom stereocenters. The maximum atomic E-state index is 13.0. The Morgan fingerprint density at radius 3 is 2.13 bits per heavy atom. The van der Waals surface area contributed by atoms with Gasteiger partial charge in [0.2, 0.25) is 9.84 Å². The van der Waals surface area contributed by atoms with Crippen molar-refractivity contribution in [2.75, 3.05) is 51.3 Å². The average molecular weight is 631 g/mol. The van der Waals surface area contributed by atoms with Crippen LogP contribution in [0.4, 0.5) is 10.5 Å². The van der Waals surface area contributed by atoms with Crippen LogP contribution in [0, 0.1) is 17.8 Å². The van der Waals surface area contributed by atoms with E-state index in [9.17, 15) is 13.2 Å². The number of benzene rings is 3. The third kappa shape index (κ3) is 6.35. The molecule has 3 N–H and O–H groups in total. The van der Waals surface area contributed by atoms with E-state index in [-0.39, 0.29) is 23.5 Å². The lowest BCUT2D eigenvalue weighted by Crippen LogP contribution is -2.57. The van der Waals surface area contributed by atoms with Gasteiger partial charge >= 0.3 is 6.09 Å². The van der Waals surface area contributed by atoms with Gasteiger partial charge in [-0.15, -0.1) is 0 Å². The quantitative estimate of drug-likeness (QED) is 0.322. The number of amides is 1. The first kappa shape index (κ1) is 31.6. The van der Waals surface area contributed by atoms with Crippen LogP contribution in [0.1, 0.15) is 37.7 Å². The Morgan fingerprint density at radius 1 is 0.889 bits per heavy atom. The van der Waals surface area contributed by atoms with Crippen LogP contribution < -0.4 is 16.0 Å². The first-order valence-electron chi connectivity index (χ1n) is 16.3. The Balaban J connectivity index is 1.06. The van der Waals surface area contributed by atoms with Crippen LogP contribution in [0.3, 0.4) is 0 Å². The number of carbonyl (C=O) groups excluding carboxylic acids is 1. The van der Waals surface area contributed by atoms with E-state index in [1.807, 2.05) is 18.2 Å². The lowest BCUT2D eigenvalue weighted by Gasteiger charge is -2.51. The van der Waals surface area contributed by atoms with Crippen molar-refractivity contribution in [3.05, 3.63) is 90.5 Å². The van der Waals surface area contributed by atoms with Crippen molar-refractivity contribution in [3.63, 3.8) is 0 Å². The highest BCUT2D eigenvalue weighted by Crippen LogP contribution is 2.50. The summed E-state index contributed by atoms with van der Waals surface area (Å²) in [5.41, 5.74) is 8.93. The van der Waals surface area contributed by atoms with E-state index in [2.05, 4.69) is 45.4 Å². The van der Waals surface area contributed by atoms with E-state index < -0.39 is 9.84 Å². The monoisotopic (exact) mass is 630 g/mol. The van der Waals surface area contributed by atoms with Crippen LogP contribution in [0.2, 0.25) is 0 Å². The fourth-order valence-corrected chi connectivity index (χ4v) is 9.64. The maximum Gasteiger partial charge on any atom is 0.407 e. The molecule has 2 aliphatic heterocycles. The zero-order valence-corrected chi connectivity index (χ0v) is 27.0. The number of nitrogens with zero attached hydrogens (tertiary/aromatic N) is 2. The molecule has 3 aliphatic rings. The van der Waals surface area contributed by atoms with Crippen LogP contribution >= 0.6 is 0 Å². The number of likely N-dealkylation sites (tertiary alicyclic amines) is 1. The molecular weight excluding hydrogens is 584 g/mol. The molecule has 1 saturated carbocycles. The highest BCUT2D eigenvalue weighted by atomic mass is 32.2. The summed E-state index contributed by atoms with van der Waals surface area (Å²) >= 11 is 0. The van der Waals surface area contributed by atoms with Gasteiger partial charge in [-0.05, 0) is 92.6 Å². The molecule has 240 valence electrons. The summed E-state index contributed by atoms with van der Waals surface area (Å²) in [7, 11) is -2.08. The van der Waals surface area contributed by atoms with E-state index >= 15 is 0 Å². The first-order valence-corrected chi connectivity index (χ1v) is 17.8. The Hall–Kier alpha value is -3.40. The van der Waals surface area contributed by atoms with Gasteiger partial charge in [-0.25, -0.2) is 13.2 Å². The SMILES string of the molecule is COC(=O)N[C@H]1CCC[C@@H]1C(CN)(c1ccccc1)C1CCN(CC2CN(c3ccc(S(=O)(=O)c4ccccc4)cc3)C2)CC1. The normalized spacial score (nSPS) is 22.8. The molecule has 1 aliphatic carbocycles. The van der Waals surface area contributed by atoms with Gasteiger partial charge in [0.15, 0.2) is 0 Å². The predicted molar refractivity (Wildman–Crippen MR) is 177 cm³/mol. The second kappa shape index (κ2) is 13.5. The minimum Gasteiger partial charge on any atom is -0.453 e. The number of methoxy groups -OCH3 is 1. The number of carbonyl (C=O) groups is 1. The van der Waals surface area contributed by atoms with Crippen LogP contribution in [0.25, 0.3) is 0 Å². The van der Waals surface area contributed by atoms with Crippen molar-refractivity contribution in [2.45, 2.75) is 53.4 Å². The Morgan fingerprint density at radius 2 is 1.51 bits per heavy atom. The lowest BCUT2D eigenvalue weighted by atomic mass is 9.58. The third-order valence-electron chi connectivity index (χ3n) is 10.7. The molecule has 9 heteroatoms. The molecule has 0 radical (unpaired) electrons. The molecule has 0 aromatic heterocycles. The summed E-state index contributed by atoms with van der Waals surface area (Å²) in [6.45, 7) is 5.68. The number of nitrogens with one attached hydrogen (secondary N) is 1. The standard InChI is InChI=1S/C36H46N4O4S/c1-44-35(41)38-34-14-8-13-33(34)36(26-37,28-9-4-2-5-10-28)29-19-21-39(22-20-29)23-27-24-40(25-27)30-15-17-32(18-16-30)45(42,43)31-11-6-3-7-12-31/h2-7,9-12,15-18,27,29,33-34H,8,13-14,19-26,37H2,1H3,(H,38,41)/t33-,34-,36?/m0/s1. The van der Waals surface area contributed by atoms with Crippen LogP contribution in [-0.2, 0) is 20.0 Å². The zero-order chi connectivity index (χ0) is 31.4. The fourth-order valence-electron chi connectivity index (χ4n) is 8.36. The summed E-state index contributed by atoms with van der Waals surface area (Å²) in [5.74, 6) is 1.30. The maximum absolute atomic E-state index is 13.0. The van der Waals surface area contributed by atoms with Gasteiger partial charge in [0.1, 0.15) is 0 Å². The fraction of sp³-hybridized carbons (Fsp3) is 0.472. The Bertz CT molecular complexity index is 1520. The lowest BCUT2D eigenvalue weighted by molar-refractivity contribution is 0.0707. The molecule has 6 rings (SSSR count). The molecule has 3 fully saturated rings. The number of rotatable bonds is 10. The number of hydrogen-bond donors (Lipinski definition) is 2. The minimum atomic E-state index is -3.51. The van der Waals surface area contributed by atoms with Crippen LogP contribution in [0.5, 0.6) is 0 Å². The van der Waals surface area contributed by atoms with Crippen LogP contribution in [0.15, 0.2) is 94.7 Å². The second-order valence-electron chi connectivity index (χ2n) is 13.0. The molecule has 0 spiro atoms. The van der Waals surface area contributed by atoms with Gasteiger partial charge in [-0.2, -0.15) is 0 Å². The second-order valence-corrected chi connectivity index (χ2v) is 15.0. The van der Waals surface area contributed by atoms with Gasteiger partial charge in [0, 0.05) is 49.2 Å². The van der Waals surface area contributed by atoms with E-state index in [4.69, 9.17) is 10.5 Å². The summed E-state index contributed by atoms with van der Waals surface area (Å²) in [6.07, 6.45) is 4.90. The van der Waals surface area contributed by atoms with Gasteiger partial charge in [-0.1, -0.05) is 55.0 Å². The smallest absolute Gasteiger partial charge is 0.407 e. The summed E-state index contributed by atoms with van der Waals surface area (Å²) in [6, 6.07) is 26.7. The first-order chi connectivity index (χ1) is 21.8. The van der Waals surface area contributed by atoms with Gasteiger partial charge in [0.25, 0.3) is 0 Å². The number of sulfone groups is 1. The summed E-state index contributed by atoms with van der Waals surface area (Å²) in [5, 5.41) is 3.15. The van der Waals surface area contributed by atoms with Crippen molar-refractivity contribution in [1.29, 1.82) is 0 Å². The molecule has 2 heterocycles. The Labute approximate surface area is 267 Å². The van der Waals surface area contributed by atoms with E-state index in [1.54, 1.807) is 36.4 Å². The summed E-state index contributed by atoms with van der Waals surface area (Å²) < 4.78 is 30.9. The number of nitrogens with two attached hydrogens (primary N) is 1. The molecule has 45 heavy (non-hydrogen) atoms. The van der Waals surface area contributed by atoms with Crippen molar-refractivity contribution in [3.8, 4) is 0 Å². The highest BCUT2D eigenvalue weighted by Gasteiger charge is 2.51. The van der Waals surface area contributed by atoms with E-state index in [1.165, 1.54) is 12.7 Å². The topological polar surface area (TPSA) is 105 Å². The Kier molecular flexibility index (Phi) is 9.49. The highest BCUT2D eigenvalue weighted by molar-refractivity contribution is 7.91. The molecule has 1 amide bonds. The van der Waals surface area contributed by atoms with Crippen molar-refractivity contribution < 1.29 is 17.9 Å². The van der Waals surface area contributed by atoms with Gasteiger partial charge < -0.3 is 25.6 Å². The van der Waals surface area contributed by atoms with Crippen molar-refractivity contribution in [2.24, 2.45) is 23.5 Å². The third-order valence-corrected chi connectivity index (χ3v) is 12.5. The molecule has 1 unspecified atom stereocenters. The molecule has 8 nitrogen and oxygen atoms in total. The van der Waals surface area contributed by atoms with Crippen LogP contribution in [-0.4, -0.2) is 71.8 Å². The largest absolute Gasteiger partial charge is 0.453 e. The minimum absolute atomic E-state index is 0.0627. The number of ether oxygens (including phenoxy) is 1. The summed E-state index contributed by atoms with van der Waals surface area (Å²) in [4.78, 5) is 17.8. The molecule has 0 bridgehead atoms. The molecule has 2 saturated heterocycles. The van der Waals surface area contributed by atoms with E-state index in [0.29, 0.717) is 28.2 Å². The van der Waals surface area contributed by atoms with Gasteiger partial charge in [0.05, 0.1) is 16.9 Å². The number of piperidine rings is 1. The molecule has 3 aromatic carbocycles. The number of anilines is 1. The van der Waals surface area contributed by atoms with E-state index in [0.717, 1.165) is 70.5 Å². The number of alkyl carbamates (subject to hydrolysis) is 1. The average Bonchev–Trinajstić information content (AvgIpc) is 3.53. The molecular formula is C36H46N4O4S.